The third-order valence-electron chi connectivity index (χ3n) is 0.667. The third-order valence-corrected chi connectivity index (χ3v) is 0.667. The first-order chi connectivity index (χ1) is 3.00. The zero-order valence-electron chi connectivity index (χ0n) is 3.96. The average molecular weight is 257 g/mol. The van der Waals surface area contributed by atoms with Crippen molar-refractivity contribution < 1.29 is 25.8 Å². The Bertz CT molecular complexity index is 76.1. The molecule has 1 aromatic rings. The van der Waals surface area contributed by atoms with Crippen molar-refractivity contribution in [3.8, 4) is 0 Å². The summed E-state index contributed by atoms with van der Waals surface area (Å²) in [5, 5.41) is 0. The van der Waals surface area contributed by atoms with E-state index in [0.29, 0.717) is 0 Å². The average Bonchev–Trinajstić information content (AvgIpc) is 1.72. The number of hydrogen-bond donors (Lipinski definition) is 0. The van der Waals surface area contributed by atoms with Gasteiger partial charge in [-0.3, -0.25) is 0 Å². The molecule has 0 heterocycles. The summed E-state index contributed by atoms with van der Waals surface area (Å²) in [4.78, 5) is 0. The molecule has 7 heavy (non-hydrogen) atoms. The van der Waals surface area contributed by atoms with Crippen LogP contribution in [0, 0.1) is 0 Å². The first kappa shape index (κ1) is 7.09. The summed E-state index contributed by atoms with van der Waals surface area (Å²) in [6.07, 6.45) is 0. The van der Waals surface area contributed by atoms with E-state index in [1.807, 2.05) is 36.4 Å². The molecule has 0 radical (unpaired) electrons. The topological polar surface area (TPSA) is 0 Å². The Hall–Kier alpha value is 0.0901. The van der Waals surface area contributed by atoms with Crippen LogP contribution in [0.2, 0.25) is 0 Å². The van der Waals surface area contributed by atoms with Crippen LogP contribution in [0.1, 0.15) is 0 Å². The predicted octanol–water partition coefficient (Wildman–Crippen LogP) is 1.68. The fraction of sp³-hybridized carbons (Fsp3) is 0. The van der Waals surface area contributed by atoms with Gasteiger partial charge in [-0.05, 0) is 0 Å². The SMILES string of the molecule is [Hf].c1ccccc1. The molecule has 0 saturated carbocycles. The smallest absolute Gasteiger partial charge is 0 e. The fourth-order valence-corrected chi connectivity index (χ4v) is 0.385. The first-order valence-corrected chi connectivity index (χ1v) is 2.00. The standard InChI is InChI=1S/C6H6.Hf/c1-2-4-6-5-3-1;/h1-6H;. The van der Waals surface area contributed by atoms with Crippen molar-refractivity contribution >= 4 is 0 Å². The summed E-state index contributed by atoms with van der Waals surface area (Å²) in [7, 11) is 0. The Morgan fingerprint density at radius 2 is 0.571 bits per heavy atom. The normalized spacial score (nSPS) is 6.86. The molecule has 0 saturated heterocycles. The molecule has 0 nitrogen and oxygen atoms in total. The molecule has 1 rings (SSSR count). The molecule has 0 bridgehead atoms. The van der Waals surface area contributed by atoms with E-state index >= 15 is 0 Å². The molecule has 0 aromatic heterocycles. The molecular formula is C6H6Hf. The van der Waals surface area contributed by atoms with E-state index in [2.05, 4.69) is 0 Å². The Morgan fingerprint density at radius 1 is 0.429 bits per heavy atom. The van der Waals surface area contributed by atoms with Crippen LogP contribution < -0.4 is 0 Å². The van der Waals surface area contributed by atoms with E-state index in [4.69, 9.17) is 0 Å². The van der Waals surface area contributed by atoms with Gasteiger partial charge in [-0.1, -0.05) is 36.4 Å². The van der Waals surface area contributed by atoms with Gasteiger partial charge in [0.25, 0.3) is 0 Å². The molecule has 1 heteroatoms. The minimum absolute atomic E-state index is 0. The quantitative estimate of drug-likeness (QED) is 0.620. The molecule has 1 aromatic carbocycles. The third kappa shape index (κ3) is 2.75. The van der Waals surface area contributed by atoms with Crippen LogP contribution in [0.4, 0.5) is 0 Å². The van der Waals surface area contributed by atoms with Crippen LogP contribution in [0.15, 0.2) is 36.4 Å². The second-order valence-electron chi connectivity index (χ2n) is 1.15. The van der Waals surface area contributed by atoms with Crippen LogP contribution in [-0.2, 0) is 25.8 Å². The zero-order valence-corrected chi connectivity index (χ0v) is 7.56. The number of hydrogen-bond acceptors (Lipinski definition) is 0. The molecule has 0 fully saturated rings. The van der Waals surface area contributed by atoms with E-state index in [1.54, 1.807) is 0 Å². The van der Waals surface area contributed by atoms with Gasteiger partial charge >= 0.3 is 0 Å². The van der Waals surface area contributed by atoms with Crippen LogP contribution >= 0.6 is 0 Å². The molecule has 0 spiro atoms. The van der Waals surface area contributed by atoms with Crippen molar-refractivity contribution in [3.05, 3.63) is 36.4 Å². The Balaban J connectivity index is 0.000000360. The molecule has 34 valence electrons. The maximum absolute atomic E-state index is 2.00. The molecule has 0 atom stereocenters. The van der Waals surface area contributed by atoms with Crippen molar-refractivity contribution in [1.82, 2.24) is 0 Å². The second kappa shape index (κ2) is 4.25. The van der Waals surface area contributed by atoms with Gasteiger partial charge in [-0.2, -0.15) is 0 Å². The molecule has 0 aliphatic carbocycles. The summed E-state index contributed by atoms with van der Waals surface area (Å²) < 4.78 is 0. The monoisotopic (exact) mass is 258 g/mol. The van der Waals surface area contributed by atoms with Crippen molar-refractivity contribution in [2.24, 2.45) is 0 Å². The van der Waals surface area contributed by atoms with E-state index < -0.39 is 0 Å². The van der Waals surface area contributed by atoms with Gasteiger partial charge in [0.2, 0.25) is 0 Å². The van der Waals surface area contributed by atoms with Gasteiger partial charge in [-0.15, -0.1) is 0 Å². The van der Waals surface area contributed by atoms with Gasteiger partial charge in [0.15, 0.2) is 0 Å². The summed E-state index contributed by atoms with van der Waals surface area (Å²) in [6.45, 7) is 0. The molecule has 0 unspecified atom stereocenters. The largest absolute Gasteiger partial charge is 0.0623 e. The molecular weight excluding hydrogens is 251 g/mol. The van der Waals surface area contributed by atoms with E-state index in [9.17, 15) is 0 Å². The summed E-state index contributed by atoms with van der Waals surface area (Å²) in [6, 6.07) is 12.0. The summed E-state index contributed by atoms with van der Waals surface area (Å²) in [5.41, 5.74) is 0. The van der Waals surface area contributed by atoms with E-state index in [0.717, 1.165) is 0 Å². The number of benzene rings is 1. The van der Waals surface area contributed by atoms with Crippen LogP contribution in [0.5, 0.6) is 0 Å². The maximum Gasteiger partial charge on any atom is 0 e. The van der Waals surface area contributed by atoms with Crippen LogP contribution in [-0.4, -0.2) is 0 Å². The van der Waals surface area contributed by atoms with Crippen molar-refractivity contribution in [3.63, 3.8) is 0 Å². The summed E-state index contributed by atoms with van der Waals surface area (Å²) in [5.74, 6) is 0. The van der Waals surface area contributed by atoms with Crippen LogP contribution in [0.3, 0.4) is 0 Å². The predicted molar refractivity (Wildman–Crippen MR) is 26.4 cm³/mol. The molecule has 0 amide bonds. The second-order valence-corrected chi connectivity index (χ2v) is 1.15. The number of rotatable bonds is 0. The van der Waals surface area contributed by atoms with Gasteiger partial charge in [-0.25, -0.2) is 0 Å². The Morgan fingerprint density at radius 3 is 0.714 bits per heavy atom. The molecule has 0 aliphatic heterocycles. The zero-order chi connectivity index (χ0) is 4.24. The minimum Gasteiger partial charge on any atom is -0.0623 e. The van der Waals surface area contributed by atoms with Crippen molar-refractivity contribution in [2.45, 2.75) is 0 Å². The van der Waals surface area contributed by atoms with E-state index in [1.165, 1.54) is 0 Å². The molecule has 0 aliphatic rings. The molecule has 0 N–H and O–H groups in total. The minimum atomic E-state index is 0. The van der Waals surface area contributed by atoms with Gasteiger partial charge in [0.05, 0.1) is 0 Å². The van der Waals surface area contributed by atoms with Crippen LogP contribution in [0.25, 0.3) is 0 Å². The Kier molecular flexibility index (Phi) is 4.31. The Labute approximate surface area is 62.3 Å². The fourth-order valence-electron chi connectivity index (χ4n) is 0.385. The van der Waals surface area contributed by atoms with Gasteiger partial charge < -0.3 is 0 Å². The first-order valence-electron chi connectivity index (χ1n) is 2.00. The van der Waals surface area contributed by atoms with E-state index in [-0.39, 0.29) is 25.8 Å². The van der Waals surface area contributed by atoms with Gasteiger partial charge in [0.1, 0.15) is 0 Å². The van der Waals surface area contributed by atoms with Crippen molar-refractivity contribution in [1.29, 1.82) is 0 Å². The summed E-state index contributed by atoms with van der Waals surface area (Å²) >= 11 is 0. The van der Waals surface area contributed by atoms with Gasteiger partial charge in [0, 0.05) is 25.8 Å². The maximum atomic E-state index is 2.00. The van der Waals surface area contributed by atoms with Crippen molar-refractivity contribution in [2.75, 3.05) is 0 Å².